The maximum Gasteiger partial charge on any atom is 0.266 e. The van der Waals surface area contributed by atoms with Crippen molar-refractivity contribution in [1.29, 1.82) is 0 Å². The van der Waals surface area contributed by atoms with E-state index in [4.69, 9.17) is 4.55 Å². The highest BCUT2D eigenvalue weighted by atomic mass is 32.2. The first-order chi connectivity index (χ1) is 6.47. The molecule has 1 radical (unpaired) electrons. The molecule has 5 heteroatoms. The number of hydrogen-bond donors (Lipinski definition) is 2. The van der Waals surface area contributed by atoms with Crippen LogP contribution >= 0.6 is 0 Å². The summed E-state index contributed by atoms with van der Waals surface area (Å²) in [5.41, 5.74) is 1.80. The first-order valence-corrected chi connectivity index (χ1v) is 5.76. The molecule has 1 rings (SSSR count). The van der Waals surface area contributed by atoms with Gasteiger partial charge in [0, 0.05) is 12.2 Å². The van der Waals surface area contributed by atoms with Crippen molar-refractivity contribution in [2.45, 2.75) is 6.92 Å². The topological polar surface area (TPSA) is 66.4 Å². The van der Waals surface area contributed by atoms with Gasteiger partial charge in [0.15, 0.2) is 0 Å². The Morgan fingerprint density at radius 2 is 2.29 bits per heavy atom. The van der Waals surface area contributed by atoms with Gasteiger partial charge in [0.1, 0.15) is 0 Å². The standard InChI is InChI=1S/C9H12NO3S/c1-8-3-2-4-9(7-8)10-5-6-14(11,12)13/h2,4,7,10H,5-6H2,1H3,(H,11,12,13). The quantitative estimate of drug-likeness (QED) is 0.736. The molecule has 0 atom stereocenters. The molecular weight excluding hydrogens is 202 g/mol. The normalized spacial score (nSPS) is 11.3. The summed E-state index contributed by atoms with van der Waals surface area (Å²) in [6.07, 6.45) is 0. The number of rotatable bonds is 4. The molecule has 0 amide bonds. The molecule has 0 heterocycles. The van der Waals surface area contributed by atoms with Gasteiger partial charge >= 0.3 is 0 Å². The van der Waals surface area contributed by atoms with Crippen molar-refractivity contribution < 1.29 is 13.0 Å². The zero-order chi connectivity index (χ0) is 10.6. The molecule has 0 saturated carbocycles. The molecule has 0 aromatic heterocycles. The monoisotopic (exact) mass is 214 g/mol. The summed E-state index contributed by atoms with van der Waals surface area (Å²) < 4.78 is 29.3. The molecule has 2 N–H and O–H groups in total. The van der Waals surface area contributed by atoms with Gasteiger partial charge in [-0.05, 0) is 30.7 Å². The van der Waals surface area contributed by atoms with Gasteiger partial charge in [-0.1, -0.05) is 6.07 Å². The van der Waals surface area contributed by atoms with Crippen molar-refractivity contribution in [3.63, 3.8) is 0 Å². The fraction of sp³-hybridized carbons (Fsp3) is 0.333. The van der Waals surface area contributed by atoms with Crippen molar-refractivity contribution >= 4 is 15.8 Å². The second kappa shape index (κ2) is 4.43. The lowest BCUT2D eigenvalue weighted by Gasteiger charge is -2.04. The Hall–Kier alpha value is -1.07. The van der Waals surface area contributed by atoms with Crippen LogP contribution in [0.5, 0.6) is 0 Å². The second-order valence-corrected chi connectivity index (χ2v) is 4.55. The molecular formula is C9H12NO3S. The first kappa shape index (κ1) is 11.0. The molecule has 0 aliphatic carbocycles. The second-order valence-electron chi connectivity index (χ2n) is 2.97. The molecule has 1 aromatic rings. The highest BCUT2D eigenvalue weighted by molar-refractivity contribution is 7.85. The number of benzene rings is 1. The van der Waals surface area contributed by atoms with Crippen molar-refractivity contribution in [3.05, 3.63) is 29.8 Å². The Morgan fingerprint density at radius 1 is 1.57 bits per heavy atom. The van der Waals surface area contributed by atoms with Crippen LogP contribution in [0.2, 0.25) is 0 Å². The van der Waals surface area contributed by atoms with Crippen LogP contribution < -0.4 is 5.32 Å². The minimum absolute atomic E-state index is 0.197. The number of nitrogens with one attached hydrogen (secondary N) is 1. The van der Waals surface area contributed by atoms with Gasteiger partial charge in [-0.3, -0.25) is 4.55 Å². The van der Waals surface area contributed by atoms with Crippen LogP contribution in [0.4, 0.5) is 5.69 Å². The molecule has 0 aliphatic rings. The van der Waals surface area contributed by atoms with E-state index in [0.717, 1.165) is 11.3 Å². The van der Waals surface area contributed by atoms with Gasteiger partial charge in [0.2, 0.25) is 0 Å². The van der Waals surface area contributed by atoms with E-state index in [1.807, 2.05) is 13.0 Å². The summed E-state index contributed by atoms with van der Waals surface area (Å²) in [5.74, 6) is -0.287. The zero-order valence-corrected chi connectivity index (χ0v) is 8.63. The molecule has 4 nitrogen and oxygen atoms in total. The van der Waals surface area contributed by atoms with Crippen LogP contribution in [-0.2, 0) is 10.1 Å². The number of aryl methyl sites for hydroxylation is 1. The van der Waals surface area contributed by atoms with Gasteiger partial charge in [-0.25, -0.2) is 0 Å². The van der Waals surface area contributed by atoms with E-state index in [-0.39, 0.29) is 12.3 Å². The van der Waals surface area contributed by atoms with Gasteiger partial charge in [0.25, 0.3) is 10.1 Å². The van der Waals surface area contributed by atoms with Crippen LogP contribution in [0.25, 0.3) is 0 Å². The Kier molecular flexibility index (Phi) is 3.49. The molecule has 0 aliphatic heterocycles. The van der Waals surface area contributed by atoms with Crippen LogP contribution in [0.15, 0.2) is 18.2 Å². The predicted octanol–water partition coefficient (Wildman–Crippen LogP) is 1.09. The lowest BCUT2D eigenvalue weighted by molar-refractivity contribution is 0.484. The minimum Gasteiger partial charge on any atom is -0.384 e. The zero-order valence-electron chi connectivity index (χ0n) is 7.82. The summed E-state index contributed by atoms with van der Waals surface area (Å²) in [5, 5.41) is 2.88. The third-order valence-corrected chi connectivity index (χ3v) is 2.36. The highest BCUT2D eigenvalue weighted by Gasteiger charge is 2.02. The van der Waals surface area contributed by atoms with Crippen LogP contribution in [0.1, 0.15) is 5.56 Å². The molecule has 77 valence electrons. The predicted molar refractivity (Wildman–Crippen MR) is 54.9 cm³/mol. The Morgan fingerprint density at radius 3 is 2.86 bits per heavy atom. The smallest absolute Gasteiger partial charge is 0.266 e. The lowest BCUT2D eigenvalue weighted by Crippen LogP contribution is -2.14. The van der Waals surface area contributed by atoms with Crippen molar-refractivity contribution in [2.24, 2.45) is 0 Å². The largest absolute Gasteiger partial charge is 0.384 e. The van der Waals surface area contributed by atoms with E-state index in [1.165, 1.54) is 0 Å². The summed E-state index contributed by atoms with van der Waals surface area (Å²) in [4.78, 5) is 0. The van der Waals surface area contributed by atoms with Gasteiger partial charge < -0.3 is 5.32 Å². The lowest BCUT2D eigenvalue weighted by atomic mass is 10.2. The van der Waals surface area contributed by atoms with Crippen LogP contribution in [0, 0.1) is 13.0 Å². The van der Waals surface area contributed by atoms with Gasteiger partial charge in [-0.2, -0.15) is 8.42 Å². The van der Waals surface area contributed by atoms with Gasteiger partial charge in [-0.15, -0.1) is 0 Å². The third kappa shape index (κ3) is 4.25. The highest BCUT2D eigenvalue weighted by Crippen LogP contribution is 2.08. The van der Waals surface area contributed by atoms with E-state index >= 15 is 0 Å². The van der Waals surface area contributed by atoms with Crippen molar-refractivity contribution in [1.82, 2.24) is 0 Å². The van der Waals surface area contributed by atoms with E-state index in [2.05, 4.69) is 11.4 Å². The summed E-state index contributed by atoms with van der Waals surface area (Å²) in [7, 11) is -3.87. The maximum atomic E-state index is 10.4. The van der Waals surface area contributed by atoms with Crippen molar-refractivity contribution in [2.75, 3.05) is 17.6 Å². The van der Waals surface area contributed by atoms with E-state index in [9.17, 15) is 8.42 Å². The maximum absolute atomic E-state index is 10.4. The fourth-order valence-electron chi connectivity index (χ4n) is 1.02. The molecule has 0 bridgehead atoms. The molecule has 0 unspecified atom stereocenters. The van der Waals surface area contributed by atoms with E-state index < -0.39 is 10.1 Å². The number of hydrogen-bond acceptors (Lipinski definition) is 3. The van der Waals surface area contributed by atoms with Gasteiger partial charge in [0.05, 0.1) is 5.75 Å². The molecule has 0 spiro atoms. The SMILES string of the molecule is Cc1[c]ccc(NCCS(=O)(=O)O)c1. The van der Waals surface area contributed by atoms with E-state index in [0.29, 0.717) is 0 Å². The molecule has 0 fully saturated rings. The van der Waals surface area contributed by atoms with Crippen LogP contribution in [-0.4, -0.2) is 25.3 Å². The molecule has 1 aromatic carbocycles. The summed E-state index contributed by atoms with van der Waals surface area (Å²) in [6, 6.07) is 8.37. The van der Waals surface area contributed by atoms with Crippen molar-refractivity contribution in [3.8, 4) is 0 Å². The molecule has 0 saturated heterocycles. The van der Waals surface area contributed by atoms with Crippen LogP contribution in [0.3, 0.4) is 0 Å². The number of anilines is 1. The summed E-state index contributed by atoms with van der Waals surface area (Å²) in [6.45, 7) is 2.09. The minimum atomic E-state index is -3.87. The fourth-order valence-corrected chi connectivity index (χ4v) is 1.38. The Labute approximate surface area is 83.7 Å². The average Bonchev–Trinajstić information content (AvgIpc) is 2.01. The Bertz CT molecular complexity index is 400. The third-order valence-electron chi connectivity index (χ3n) is 1.64. The van der Waals surface area contributed by atoms with E-state index in [1.54, 1.807) is 12.1 Å². The Balaban J connectivity index is 2.47. The first-order valence-electron chi connectivity index (χ1n) is 4.15. The molecule has 14 heavy (non-hydrogen) atoms. The summed E-state index contributed by atoms with van der Waals surface area (Å²) >= 11 is 0. The average molecular weight is 214 g/mol.